The number of aromatic amines is 1. The number of fused-ring (bicyclic) bond motifs is 1. The summed E-state index contributed by atoms with van der Waals surface area (Å²) in [5, 5.41) is 1.67. The average Bonchev–Trinajstić information content (AvgIpc) is 2.68. The van der Waals surface area contributed by atoms with Crippen molar-refractivity contribution in [3.05, 3.63) is 53.6 Å². The van der Waals surface area contributed by atoms with Gasteiger partial charge in [-0.25, -0.2) is 0 Å². The molecule has 1 aromatic heterocycles. The topological polar surface area (TPSA) is 41.8 Å². The van der Waals surface area contributed by atoms with Crippen LogP contribution in [0, 0.1) is 0 Å². The summed E-state index contributed by atoms with van der Waals surface area (Å²) in [6.07, 6.45) is 0. The van der Waals surface area contributed by atoms with E-state index in [4.69, 9.17) is 17.3 Å². The predicted octanol–water partition coefficient (Wildman–Crippen LogP) is 4.07. The molecule has 1 heterocycles. The van der Waals surface area contributed by atoms with Crippen LogP contribution >= 0.6 is 11.6 Å². The monoisotopic (exact) mass is 242 g/mol. The van der Waals surface area contributed by atoms with E-state index in [9.17, 15) is 0 Å². The van der Waals surface area contributed by atoms with Gasteiger partial charge in [0.1, 0.15) is 0 Å². The molecule has 0 radical (unpaired) electrons. The van der Waals surface area contributed by atoms with Crippen LogP contribution in [0.25, 0.3) is 22.2 Å². The van der Waals surface area contributed by atoms with Crippen LogP contribution in [0.3, 0.4) is 0 Å². The van der Waals surface area contributed by atoms with Crippen molar-refractivity contribution in [2.75, 3.05) is 5.73 Å². The maximum Gasteiger partial charge on any atom is 0.0698 e. The van der Waals surface area contributed by atoms with Gasteiger partial charge in [-0.15, -0.1) is 0 Å². The molecule has 3 N–H and O–H groups in total. The number of anilines is 1. The molecule has 0 fully saturated rings. The lowest BCUT2D eigenvalue weighted by atomic mass is 10.1. The predicted molar refractivity (Wildman–Crippen MR) is 73.2 cm³/mol. The fraction of sp³-hybridized carbons (Fsp3) is 0. The van der Waals surface area contributed by atoms with E-state index in [2.05, 4.69) is 4.98 Å². The van der Waals surface area contributed by atoms with Crippen molar-refractivity contribution in [2.45, 2.75) is 0 Å². The Morgan fingerprint density at radius 3 is 2.53 bits per heavy atom. The molecule has 2 aromatic carbocycles. The highest BCUT2D eigenvalue weighted by molar-refractivity contribution is 6.31. The summed E-state index contributed by atoms with van der Waals surface area (Å²) in [7, 11) is 0. The normalized spacial score (nSPS) is 10.9. The molecule has 0 saturated heterocycles. The average molecular weight is 243 g/mol. The fourth-order valence-electron chi connectivity index (χ4n) is 2.02. The number of nitrogen functional groups attached to an aromatic ring is 1. The Morgan fingerprint density at radius 1 is 1.00 bits per heavy atom. The second-order valence-corrected chi connectivity index (χ2v) is 4.41. The van der Waals surface area contributed by atoms with E-state index in [0.717, 1.165) is 27.8 Å². The summed E-state index contributed by atoms with van der Waals surface area (Å²) < 4.78 is 0. The number of hydrogen-bond donors (Lipinski definition) is 2. The number of nitrogens with one attached hydrogen (secondary N) is 1. The van der Waals surface area contributed by atoms with Gasteiger partial charge in [-0.05, 0) is 18.2 Å². The molecule has 0 atom stereocenters. The molecule has 0 bridgehead atoms. The molecule has 2 nitrogen and oxygen atoms in total. The molecule has 0 aliphatic carbocycles. The molecule has 0 unspecified atom stereocenters. The lowest BCUT2D eigenvalue weighted by molar-refractivity contribution is 1.45. The number of hydrogen-bond acceptors (Lipinski definition) is 1. The smallest absolute Gasteiger partial charge is 0.0698 e. The molecule has 0 spiro atoms. The second kappa shape index (κ2) is 3.82. The first-order valence-corrected chi connectivity index (χ1v) is 5.75. The highest BCUT2D eigenvalue weighted by atomic mass is 35.5. The Labute approximate surface area is 104 Å². The zero-order chi connectivity index (χ0) is 11.8. The molecular formula is C14H11ClN2. The third-order valence-corrected chi connectivity index (χ3v) is 3.10. The SMILES string of the molecule is Nc1c(-c2ccccc2)[nH]c2ccc(Cl)cc12. The summed E-state index contributed by atoms with van der Waals surface area (Å²) in [4.78, 5) is 3.32. The lowest BCUT2D eigenvalue weighted by Gasteiger charge is -1.99. The van der Waals surface area contributed by atoms with E-state index in [1.54, 1.807) is 0 Å². The van der Waals surface area contributed by atoms with Gasteiger partial charge in [-0.1, -0.05) is 41.9 Å². The van der Waals surface area contributed by atoms with Gasteiger partial charge in [-0.2, -0.15) is 0 Å². The first-order valence-electron chi connectivity index (χ1n) is 5.38. The zero-order valence-corrected chi connectivity index (χ0v) is 9.83. The van der Waals surface area contributed by atoms with E-state index < -0.39 is 0 Å². The van der Waals surface area contributed by atoms with Crippen LogP contribution in [0.2, 0.25) is 5.02 Å². The van der Waals surface area contributed by atoms with Gasteiger partial charge in [0.25, 0.3) is 0 Å². The molecule has 0 saturated carbocycles. The van der Waals surface area contributed by atoms with E-state index in [0.29, 0.717) is 5.02 Å². The van der Waals surface area contributed by atoms with Crippen molar-refractivity contribution >= 4 is 28.2 Å². The van der Waals surface area contributed by atoms with Crippen molar-refractivity contribution in [3.8, 4) is 11.3 Å². The number of benzene rings is 2. The van der Waals surface area contributed by atoms with Crippen molar-refractivity contribution < 1.29 is 0 Å². The van der Waals surface area contributed by atoms with Crippen molar-refractivity contribution in [3.63, 3.8) is 0 Å². The summed E-state index contributed by atoms with van der Waals surface area (Å²) in [6.45, 7) is 0. The van der Waals surface area contributed by atoms with Crippen LogP contribution in [0.4, 0.5) is 5.69 Å². The lowest BCUT2D eigenvalue weighted by Crippen LogP contribution is -1.86. The van der Waals surface area contributed by atoms with Crippen LogP contribution in [0.5, 0.6) is 0 Å². The first-order chi connectivity index (χ1) is 8.25. The van der Waals surface area contributed by atoms with Crippen molar-refractivity contribution in [2.24, 2.45) is 0 Å². The maximum atomic E-state index is 6.15. The van der Waals surface area contributed by atoms with Gasteiger partial charge in [0, 0.05) is 21.5 Å². The van der Waals surface area contributed by atoms with E-state index in [-0.39, 0.29) is 0 Å². The summed E-state index contributed by atoms with van der Waals surface area (Å²) >= 11 is 5.98. The molecule has 3 heteroatoms. The minimum absolute atomic E-state index is 0.697. The fourth-order valence-corrected chi connectivity index (χ4v) is 2.19. The highest BCUT2D eigenvalue weighted by Crippen LogP contribution is 2.33. The van der Waals surface area contributed by atoms with Gasteiger partial charge in [-0.3, -0.25) is 0 Å². The van der Waals surface area contributed by atoms with Gasteiger partial charge in [0.05, 0.1) is 11.4 Å². The van der Waals surface area contributed by atoms with Crippen LogP contribution in [0.1, 0.15) is 0 Å². The van der Waals surface area contributed by atoms with Gasteiger partial charge in [0.15, 0.2) is 0 Å². The number of H-pyrrole nitrogens is 1. The molecule has 0 aliphatic heterocycles. The number of rotatable bonds is 1. The zero-order valence-electron chi connectivity index (χ0n) is 9.07. The van der Waals surface area contributed by atoms with E-state index in [1.807, 2.05) is 48.5 Å². The standard InChI is InChI=1S/C14H11ClN2/c15-10-6-7-12-11(8-10)13(16)14(17-12)9-4-2-1-3-5-9/h1-8,17H,16H2. The Hall–Kier alpha value is -1.93. The molecule has 0 aliphatic rings. The Kier molecular flexibility index (Phi) is 2.30. The van der Waals surface area contributed by atoms with Crippen molar-refractivity contribution in [1.29, 1.82) is 0 Å². The second-order valence-electron chi connectivity index (χ2n) is 3.97. The first kappa shape index (κ1) is 10.2. The van der Waals surface area contributed by atoms with Gasteiger partial charge < -0.3 is 10.7 Å². The van der Waals surface area contributed by atoms with Gasteiger partial charge in [0.2, 0.25) is 0 Å². The van der Waals surface area contributed by atoms with Crippen LogP contribution < -0.4 is 5.73 Å². The molecule has 0 amide bonds. The molecular weight excluding hydrogens is 232 g/mol. The Balaban J connectivity index is 2.28. The third-order valence-electron chi connectivity index (χ3n) is 2.86. The molecule has 17 heavy (non-hydrogen) atoms. The summed E-state index contributed by atoms with van der Waals surface area (Å²) in [5.41, 5.74) is 9.93. The van der Waals surface area contributed by atoms with Crippen LogP contribution in [-0.2, 0) is 0 Å². The maximum absolute atomic E-state index is 6.15. The Bertz CT molecular complexity index is 671. The minimum Gasteiger partial charge on any atom is -0.396 e. The Morgan fingerprint density at radius 2 is 1.76 bits per heavy atom. The number of aromatic nitrogens is 1. The minimum atomic E-state index is 0.697. The van der Waals surface area contributed by atoms with Gasteiger partial charge >= 0.3 is 0 Å². The number of nitrogens with two attached hydrogens (primary N) is 1. The number of halogens is 1. The van der Waals surface area contributed by atoms with Crippen LogP contribution in [0.15, 0.2) is 48.5 Å². The summed E-state index contributed by atoms with van der Waals surface area (Å²) in [6, 6.07) is 15.7. The molecule has 84 valence electrons. The third kappa shape index (κ3) is 1.67. The molecule has 3 rings (SSSR count). The molecule has 3 aromatic rings. The quantitative estimate of drug-likeness (QED) is 0.664. The van der Waals surface area contributed by atoms with Crippen LogP contribution in [-0.4, -0.2) is 4.98 Å². The largest absolute Gasteiger partial charge is 0.396 e. The highest BCUT2D eigenvalue weighted by Gasteiger charge is 2.09. The summed E-state index contributed by atoms with van der Waals surface area (Å²) in [5.74, 6) is 0. The van der Waals surface area contributed by atoms with E-state index >= 15 is 0 Å². The van der Waals surface area contributed by atoms with E-state index in [1.165, 1.54) is 0 Å². The van der Waals surface area contributed by atoms with Crippen molar-refractivity contribution in [1.82, 2.24) is 4.98 Å².